The number of hydrogen-bond donors (Lipinski definition) is 1. The third-order valence-corrected chi connectivity index (χ3v) is 4.69. The molecule has 2 heterocycles. The molecule has 144 valence electrons. The van der Waals surface area contributed by atoms with E-state index in [9.17, 15) is 4.79 Å². The number of rotatable bonds is 5. The normalized spacial score (nSPS) is 10.7. The number of carbonyl (C=O) groups is 1. The summed E-state index contributed by atoms with van der Waals surface area (Å²) >= 11 is 12.3. The standard InChI is InChI=1S/C22H15Cl2N3O2/c23-17-11-16(12-18(24)13-17)21-20(15-6-8-25-9-7-15)22(29-27-21)26-19(28)10-14-4-2-1-3-5-14/h1-9,11-13H,10H2,(H,26,28). The molecule has 0 aliphatic heterocycles. The minimum atomic E-state index is -0.210. The Bertz CT molecular complexity index is 1130. The van der Waals surface area contributed by atoms with Crippen molar-refractivity contribution in [2.75, 3.05) is 5.32 Å². The summed E-state index contributed by atoms with van der Waals surface area (Å²) in [4.78, 5) is 16.6. The molecule has 4 rings (SSSR count). The lowest BCUT2D eigenvalue weighted by molar-refractivity contribution is -0.115. The minimum Gasteiger partial charge on any atom is -0.337 e. The van der Waals surface area contributed by atoms with Gasteiger partial charge in [0.05, 0.1) is 12.0 Å². The number of amides is 1. The number of nitrogens with one attached hydrogen (secondary N) is 1. The fourth-order valence-electron chi connectivity index (χ4n) is 3.00. The van der Waals surface area contributed by atoms with Gasteiger partial charge in [-0.15, -0.1) is 0 Å². The first kappa shape index (κ1) is 19.2. The second kappa shape index (κ2) is 8.47. The van der Waals surface area contributed by atoms with Crippen molar-refractivity contribution in [3.05, 3.63) is 88.7 Å². The van der Waals surface area contributed by atoms with Gasteiger partial charge in [-0.2, -0.15) is 0 Å². The second-order valence-electron chi connectivity index (χ2n) is 6.34. The van der Waals surface area contributed by atoms with Gasteiger partial charge in [0.25, 0.3) is 0 Å². The highest BCUT2D eigenvalue weighted by atomic mass is 35.5. The molecule has 0 atom stereocenters. The van der Waals surface area contributed by atoms with E-state index in [4.69, 9.17) is 27.7 Å². The van der Waals surface area contributed by atoms with Crippen LogP contribution in [0.5, 0.6) is 0 Å². The number of anilines is 1. The van der Waals surface area contributed by atoms with E-state index in [1.165, 1.54) is 0 Å². The summed E-state index contributed by atoms with van der Waals surface area (Å²) in [6, 6.07) is 18.2. The zero-order valence-corrected chi connectivity index (χ0v) is 16.6. The molecule has 1 amide bonds. The van der Waals surface area contributed by atoms with Crippen molar-refractivity contribution in [3.8, 4) is 22.4 Å². The van der Waals surface area contributed by atoms with Gasteiger partial charge in [-0.1, -0.05) is 58.7 Å². The van der Waals surface area contributed by atoms with Crippen LogP contribution in [-0.4, -0.2) is 16.0 Å². The molecule has 0 aliphatic carbocycles. The number of hydrogen-bond acceptors (Lipinski definition) is 4. The van der Waals surface area contributed by atoms with Gasteiger partial charge >= 0.3 is 0 Å². The summed E-state index contributed by atoms with van der Waals surface area (Å²) in [6.45, 7) is 0. The number of carbonyl (C=O) groups excluding carboxylic acids is 1. The molecule has 0 spiro atoms. The molecule has 1 N–H and O–H groups in total. The molecule has 0 radical (unpaired) electrons. The Labute approximate surface area is 177 Å². The van der Waals surface area contributed by atoms with Gasteiger partial charge in [-0.25, -0.2) is 0 Å². The highest BCUT2D eigenvalue weighted by molar-refractivity contribution is 6.35. The van der Waals surface area contributed by atoms with Gasteiger partial charge in [0, 0.05) is 28.0 Å². The van der Waals surface area contributed by atoms with E-state index in [2.05, 4.69) is 15.5 Å². The van der Waals surface area contributed by atoms with Gasteiger partial charge in [0.15, 0.2) is 0 Å². The Morgan fingerprint density at radius 3 is 2.31 bits per heavy atom. The average Bonchev–Trinajstić information content (AvgIpc) is 3.12. The monoisotopic (exact) mass is 423 g/mol. The van der Waals surface area contributed by atoms with Crippen molar-refractivity contribution in [1.82, 2.24) is 10.1 Å². The molecule has 0 fully saturated rings. The molecule has 5 nitrogen and oxygen atoms in total. The molecule has 29 heavy (non-hydrogen) atoms. The quantitative estimate of drug-likeness (QED) is 0.434. The molecule has 4 aromatic rings. The number of nitrogens with zero attached hydrogens (tertiary/aromatic N) is 2. The zero-order valence-electron chi connectivity index (χ0n) is 15.1. The second-order valence-corrected chi connectivity index (χ2v) is 7.21. The van der Waals surface area contributed by atoms with Crippen molar-refractivity contribution in [2.24, 2.45) is 0 Å². The lowest BCUT2D eigenvalue weighted by Gasteiger charge is -2.07. The van der Waals surface area contributed by atoms with Crippen LogP contribution >= 0.6 is 23.2 Å². The zero-order chi connectivity index (χ0) is 20.2. The van der Waals surface area contributed by atoms with E-state index in [-0.39, 0.29) is 18.2 Å². The van der Waals surface area contributed by atoms with Crippen LogP contribution in [0.1, 0.15) is 5.56 Å². The van der Waals surface area contributed by atoms with E-state index in [0.717, 1.165) is 11.1 Å². The van der Waals surface area contributed by atoms with Gasteiger partial charge in [0.2, 0.25) is 11.8 Å². The molecular weight excluding hydrogens is 409 g/mol. The summed E-state index contributed by atoms with van der Waals surface area (Å²) in [5.74, 6) is 0.0431. The summed E-state index contributed by atoms with van der Waals surface area (Å²) in [5, 5.41) is 7.96. The van der Waals surface area contributed by atoms with Crippen molar-refractivity contribution < 1.29 is 9.32 Å². The van der Waals surface area contributed by atoms with E-state index >= 15 is 0 Å². The summed E-state index contributed by atoms with van der Waals surface area (Å²) in [6.07, 6.45) is 3.54. The first-order valence-electron chi connectivity index (χ1n) is 8.80. The first-order valence-corrected chi connectivity index (χ1v) is 9.56. The molecule has 0 bridgehead atoms. The lowest BCUT2D eigenvalue weighted by atomic mass is 10.0. The molecule has 7 heteroatoms. The Hall–Kier alpha value is -3.15. The van der Waals surface area contributed by atoms with Gasteiger partial charge in [-0.05, 0) is 41.5 Å². The maximum atomic E-state index is 12.6. The van der Waals surface area contributed by atoms with Crippen LogP contribution in [0.4, 0.5) is 5.88 Å². The third-order valence-electron chi connectivity index (χ3n) is 4.26. The Kier molecular flexibility index (Phi) is 5.60. The van der Waals surface area contributed by atoms with Crippen LogP contribution in [-0.2, 0) is 11.2 Å². The van der Waals surface area contributed by atoms with Crippen molar-refractivity contribution >= 4 is 35.0 Å². The molecule has 2 aromatic carbocycles. The lowest BCUT2D eigenvalue weighted by Crippen LogP contribution is -2.14. The predicted octanol–water partition coefficient (Wildman–Crippen LogP) is 5.89. The Morgan fingerprint density at radius 1 is 0.931 bits per heavy atom. The SMILES string of the molecule is O=C(Cc1ccccc1)Nc1onc(-c2cc(Cl)cc(Cl)c2)c1-c1ccncc1. The van der Waals surface area contributed by atoms with E-state index in [1.54, 1.807) is 30.6 Å². The molecular formula is C22H15Cl2N3O2. The van der Waals surface area contributed by atoms with Crippen LogP contribution in [0.3, 0.4) is 0 Å². The summed E-state index contributed by atoms with van der Waals surface area (Å²) < 4.78 is 5.50. The molecule has 2 aromatic heterocycles. The summed E-state index contributed by atoms with van der Waals surface area (Å²) in [7, 11) is 0. The van der Waals surface area contributed by atoms with Gasteiger partial charge < -0.3 is 4.52 Å². The third kappa shape index (κ3) is 4.47. The Morgan fingerprint density at radius 2 is 1.62 bits per heavy atom. The number of pyridine rings is 1. The number of benzene rings is 2. The topological polar surface area (TPSA) is 68.0 Å². The first-order chi connectivity index (χ1) is 14.1. The van der Waals surface area contributed by atoms with Crippen LogP contribution < -0.4 is 5.32 Å². The number of halogens is 2. The smallest absolute Gasteiger partial charge is 0.239 e. The Balaban J connectivity index is 1.73. The van der Waals surface area contributed by atoms with Crippen LogP contribution in [0.15, 0.2) is 77.6 Å². The van der Waals surface area contributed by atoms with Gasteiger partial charge in [-0.3, -0.25) is 15.1 Å². The van der Waals surface area contributed by atoms with Crippen LogP contribution in [0.2, 0.25) is 10.0 Å². The van der Waals surface area contributed by atoms with E-state index in [1.807, 2.05) is 42.5 Å². The van der Waals surface area contributed by atoms with Crippen molar-refractivity contribution in [3.63, 3.8) is 0 Å². The molecule has 0 saturated heterocycles. The predicted molar refractivity (Wildman–Crippen MR) is 114 cm³/mol. The van der Waals surface area contributed by atoms with Crippen molar-refractivity contribution in [2.45, 2.75) is 6.42 Å². The van der Waals surface area contributed by atoms with Crippen LogP contribution in [0.25, 0.3) is 22.4 Å². The van der Waals surface area contributed by atoms with Gasteiger partial charge in [0.1, 0.15) is 5.69 Å². The van der Waals surface area contributed by atoms with Crippen LogP contribution in [0, 0.1) is 0 Å². The average molecular weight is 424 g/mol. The summed E-state index contributed by atoms with van der Waals surface area (Å²) in [5.41, 5.74) is 3.53. The highest BCUT2D eigenvalue weighted by Crippen LogP contribution is 2.39. The van der Waals surface area contributed by atoms with Crippen molar-refractivity contribution in [1.29, 1.82) is 0 Å². The number of aromatic nitrogens is 2. The molecule has 0 saturated carbocycles. The molecule has 0 unspecified atom stereocenters. The minimum absolute atomic E-state index is 0.210. The maximum Gasteiger partial charge on any atom is 0.239 e. The highest BCUT2D eigenvalue weighted by Gasteiger charge is 2.21. The molecule has 0 aliphatic rings. The van der Waals surface area contributed by atoms with E-state index in [0.29, 0.717) is 26.9 Å². The fraction of sp³-hybridized carbons (Fsp3) is 0.0455. The maximum absolute atomic E-state index is 12.6. The van der Waals surface area contributed by atoms with E-state index < -0.39 is 0 Å². The fourth-order valence-corrected chi connectivity index (χ4v) is 3.53. The largest absolute Gasteiger partial charge is 0.337 e.